The lowest BCUT2D eigenvalue weighted by molar-refractivity contribution is -0.286. The lowest BCUT2D eigenvalue weighted by Crippen LogP contribution is -2.45. The smallest absolute Gasteiger partial charge is 0.395 e. The van der Waals surface area contributed by atoms with Gasteiger partial charge in [-0.1, -0.05) is 18.9 Å². The van der Waals surface area contributed by atoms with E-state index in [1.807, 2.05) is 6.07 Å². The molecule has 0 aromatic heterocycles. The summed E-state index contributed by atoms with van der Waals surface area (Å²) in [6, 6.07) is 5.51. The second kappa shape index (κ2) is 7.60. The minimum atomic E-state index is -3.54. The zero-order chi connectivity index (χ0) is 15.2. The Morgan fingerprint density at radius 2 is 1.79 bits per heavy atom. The molecule has 1 aromatic carbocycles. The number of hydrogen-bond donors (Lipinski definition) is 1. The van der Waals surface area contributed by atoms with E-state index in [4.69, 9.17) is 0 Å². The van der Waals surface area contributed by atoms with Crippen molar-refractivity contribution in [3.05, 3.63) is 23.8 Å². The van der Waals surface area contributed by atoms with Crippen LogP contribution in [0.1, 0.15) is 30.9 Å². The van der Waals surface area contributed by atoms with E-state index >= 15 is 0 Å². The van der Waals surface area contributed by atoms with Gasteiger partial charge >= 0.3 is 6.29 Å². The van der Waals surface area contributed by atoms with E-state index in [0.29, 0.717) is 0 Å². The molecule has 24 heavy (non-hydrogen) atoms. The maximum Gasteiger partial charge on any atom is 0.586 e. The van der Waals surface area contributed by atoms with Crippen LogP contribution in [-0.4, -0.2) is 37.4 Å². The van der Waals surface area contributed by atoms with Crippen molar-refractivity contribution in [2.45, 2.75) is 31.6 Å². The molecule has 136 valence electrons. The van der Waals surface area contributed by atoms with Crippen molar-refractivity contribution in [3.8, 4) is 11.5 Å². The molecule has 1 aromatic rings. The van der Waals surface area contributed by atoms with E-state index in [2.05, 4.69) is 19.7 Å². The fourth-order valence-electron chi connectivity index (χ4n) is 3.33. The monoisotopic (exact) mass is 382 g/mol. The largest absolute Gasteiger partial charge is 0.586 e. The third-order valence-corrected chi connectivity index (χ3v) is 4.66. The highest BCUT2D eigenvalue weighted by molar-refractivity contribution is 5.85. The van der Waals surface area contributed by atoms with Gasteiger partial charge in [-0.05, 0) is 30.0 Å². The molecular weight excluding hydrogens is 361 g/mol. The molecule has 0 spiro atoms. The van der Waals surface area contributed by atoms with Crippen molar-refractivity contribution in [2.75, 3.05) is 26.2 Å². The van der Waals surface area contributed by atoms with Gasteiger partial charge in [0, 0.05) is 32.2 Å². The average molecular weight is 383 g/mol. The summed E-state index contributed by atoms with van der Waals surface area (Å²) in [6.07, 6.45) is 0.119. The third-order valence-electron chi connectivity index (χ3n) is 4.66. The van der Waals surface area contributed by atoms with Crippen LogP contribution in [0.25, 0.3) is 0 Å². The second-order valence-electron chi connectivity index (χ2n) is 6.35. The highest BCUT2D eigenvalue weighted by Gasteiger charge is 2.43. The van der Waals surface area contributed by atoms with E-state index in [1.165, 1.54) is 12.8 Å². The van der Waals surface area contributed by atoms with Gasteiger partial charge in [-0.3, -0.25) is 4.90 Å². The predicted octanol–water partition coefficient (Wildman–Crippen LogP) is 3.60. The first-order chi connectivity index (χ1) is 10.6. The van der Waals surface area contributed by atoms with Crippen molar-refractivity contribution in [1.29, 1.82) is 0 Å². The first-order valence-corrected chi connectivity index (χ1v) is 7.95. The first-order valence-electron chi connectivity index (χ1n) is 7.95. The molecule has 2 heterocycles. The van der Waals surface area contributed by atoms with Crippen LogP contribution in [0.4, 0.5) is 8.78 Å². The van der Waals surface area contributed by atoms with Crippen molar-refractivity contribution in [1.82, 2.24) is 10.2 Å². The molecule has 0 radical (unpaired) electrons. The zero-order valence-electron chi connectivity index (χ0n) is 13.2. The number of piperazine rings is 1. The molecule has 4 rings (SSSR count). The van der Waals surface area contributed by atoms with Crippen molar-refractivity contribution in [3.63, 3.8) is 0 Å². The minimum Gasteiger partial charge on any atom is -0.395 e. The van der Waals surface area contributed by atoms with Crippen LogP contribution in [0.3, 0.4) is 0 Å². The van der Waals surface area contributed by atoms with Crippen molar-refractivity contribution in [2.24, 2.45) is 5.92 Å². The molecule has 1 aliphatic carbocycles. The van der Waals surface area contributed by atoms with E-state index in [1.54, 1.807) is 12.1 Å². The normalized spacial score (nSPS) is 23.1. The average Bonchev–Trinajstić information content (AvgIpc) is 3.26. The van der Waals surface area contributed by atoms with Gasteiger partial charge in [0.25, 0.3) is 0 Å². The Bertz CT molecular complexity index is 567. The van der Waals surface area contributed by atoms with Crippen molar-refractivity contribution >= 4 is 24.8 Å². The molecule has 1 atom stereocenters. The summed E-state index contributed by atoms with van der Waals surface area (Å²) >= 11 is 0. The molecular formula is C16H22Cl2F2N2O2. The number of ether oxygens (including phenoxy) is 2. The molecule has 3 aliphatic rings. The summed E-state index contributed by atoms with van der Waals surface area (Å²) in [5.41, 5.74) is 1.05. The van der Waals surface area contributed by atoms with Gasteiger partial charge in [0.2, 0.25) is 0 Å². The standard InChI is InChI=1S/C16H20F2N2O2.2ClH/c17-16(18)21-14-4-3-12(10-15(14)22-16)13(9-11-1-2-11)20-7-5-19-6-8-20;;/h3-4,10-11,13,19H,1-2,5-9H2;2*1H/t13-;;/m0../s1. The molecule has 0 amide bonds. The number of benzene rings is 1. The van der Waals surface area contributed by atoms with Gasteiger partial charge in [0.1, 0.15) is 0 Å². The fourth-order valence-corrected chi connectivity index (χ4v) is 3.33. The van der Waals surface area contributed by atoms with Crippen LogP contribution in [0.15, 0.2) is 18.2 Å². The summed E-state index contributed by atoms with van der Waals surface area (Å²) < 4.78 is 35.5. The number of rotatable bonds is 4. The zero-order valence-corrected chi connectivity index (χ0v) is 14.8. The minimum absolute atomic E-state index is 0. The number of alkyl halides is 2. The van der Waals surface area contributed by atoms with Gasteiger partial charge in [-0.15, -0.1) is 33.6 Å². The van der Waals surface area contributed by atoms with Gasteiger partial charge in [-0.2, -0.15) is 0 Å². The molecule has 2 fully saturated rings. The molecule has 2 aliphatic heterocycles. The van der Waals surface area contributed by atoms with E-state index < -0.39 is 6.29 Å². The maximum absolute atomic E-state index is 13.2. The quantitative estimate of drug-likeness (QED) is 0.862. The molecule has 8 heteroatoms. The molecule has 0 bridgehead atoms. The highest BCUT2D eigenvalue weighted by atomic mass is 35.5. The topological polar surface area (TPSA) is 33.7 Å². The van der Waals surface area contributed by atoms with Crippen LogP contribution in [0, 0.1) is 5.92 Å². The number of nitrogens with one attached hydrogen (secondary N) is 1. The Hall–Kier alpha value is -0.820. The van der Waals surface area contributed by atoms with E-state index in [9.17, 15) is 8.78 Å². The summed E-state index contributed by atoms with van der Waals surface area (Å²) in [6.45, 7) is 3.93. The first kappa shape index (κ1) is 19.5. The SMILES string of the molecule is Cl.Cl.FC1(F)Oc2ccc([C@H](CC3CC3)N3CCNCC3)cc2O1. The third kappa shape index (κ3) is 4.23. The number of hydrogen-bond acceptors (Lipinski definition) is 4. The second-order valence-corrected chi connectivity index (χ2v) is 6.35. The Morgan fingerprint density at radius 1 is 1.12 bits per heavy atom. The summed E-state index contributed by atoms with van der Waals surface area (Å²) in [5, 5.41) is 3.36. The van der Waals surface area contributed by atoms with Crippen LogP contribution in [0.5, 0.6) is 11.5 Å². The van der Waals surface area contributed by atoms with Crippen LogP contribution in [-0.2, 0) is 0 Å². The maximum atomic E-state index is 13.2. The molecule has 1 N–H and O–H groups in total. The fraction of sp³-hybridized carbons (Fsp3) is 0.625. The van der Waals surface area contributed by atoms with Crippen molar-refractivity contribution < 1.29 is 18.3 Å². The van der Waals surface area contributed by atoms with Gasteiger partial charge in [-0.25, -0.2) is 0 Å². The lowest BCUT2D eigenvalue weighted by Gasteiger charge is -2.35. The van der Waals surface area contributed by atoms with Crippen LogP contribution in [0.2, 0.25) is 0 Å². The summed E-state index contributed by atoms with van der Waals surface area (Å²) in [5.74, 6) is 1.05. The molecule has 1 saturated carbocycles. The van der Waals surface area contributed by atoms with Gasteiger partial charge in [0.05, 0.1) is 0 Å². The number of fused-ring (bicyclic) bond motifs is 1. The van der Waals surface area contributed by atoms with E-state index in [0.717, 1.165) is 44.1 Å². The molecule has 0 unspecified atom stereocenters. The van der Waals surface area contributed by atoms with E-state index in [-0.39, 0.29) is 42.4 Å². The Labute approximate surface area is 152 Å². The van der Waals surface area contributed by atoms with Gasteiger partial charge in [0.15, 0.2) is 11.5 Å². The Kier molecular flexibility index (Phi) is 6.18. The number of halogens is 4. The molecule has 1 saturated heterocycles. The summed E-state index contributed by atoms with van der Waals surface area (Å²) in [4.78, 5) is 2.45. The lowest BCUT2D eigenvalue weighted by atomic mass is 9.98. The summed E-state index contributed by atoms with van der Waals surface area (Å²) in [7, 11) is 0. The van der Waals surface area contributed by atoms with Gasteiger partial charge < -0.3 is 14.8 Å². The number of nitrogens with zero attached hydrogens (tertiary/aromatic N) is 1. The Morgan fingerprint density at radius 3 is 2.46 bits per heavy atom. The highest BCUT2D eigenvalue weighted by Crippen LogP contribution is 2.45. The molecule has 4 nitrogen and oxygen atoms in total. The van der Waals surface area contributed by atoms with Crippen LogP contribution >= 0.6 is 24.8 Å². The van der Waals surface area contributed by atoms with Crippen LogP contribution < -0.4 is 14.8 Å². The predicted molar refractivity (Wildman–Crippen MR) is 91.7 cm³/mol. The Balaban J connectivity index is 0.00000104.